The van der Waals surface area contributed by atoms with Crippen molar-refractivity contribution < 1.29 is 8.78 Å². The van der Waals surface area contributed by atoms with Gasteiger partial charge in [-0.1, -0.05) is 0 Å². The Morgan fingerprint density at radius 2 is 2.10 bits per heavy atom. The first kappa shape index (κ1) is 13.9. The number of aromatic nitrogens is 1. The van der Waals surface area contributed by atoms with Gasteiger partial charge in [0.25, 0.3) is 0 Å². The molecule has 1 N–H and O–H groups in total. The molecule has 5 heteroatoms. The van der Waals surface area contributed by atoms with Gasteiger partial charge in [0.15, 0.2) is 0 Å². The number of anilines is 1. The summed E-state index contributed by atoms with van der Waals surface area (Å²) in [6, 6.07) is 6.49. The van der Waals surface area contributed by atoms with Crippen LogP contribution < -0.4 is 5.32 Å². The Hall–Kier alpha value is -2.01. The lowest BCUT2D eigenvalue weighted by molar-refractivity contribution is 0.599. The molecule has 0 aliphatic carbocycles. The molecule has 2 aromatic heterocycles. The molecule has 0 atom stereocenters. The fourth-order valence-corrected chi connectivity index (χ4v) is 3.19. The predicted molar refractivity (Wildman–Crippen MR) is 82.8 cm³/mol. The second-order valence-corrected chi connectivity index (χ2v) is 5.70. The van der Waals surface area contributed by atoms with Crippen molar-refractivity contribution in [3.63, 3.8) is 0 Å². The van der Waals surface area contributed by atoms with E-state index in [0.717, 1.165) is 28.7 Å². The number of hydrogen-bond acceptors (Lipinski definition) is 3. The van der Waals surface area contributed by atoms with E-state index < -0.39 is 0 Å². The number of aryl methyl sites for hydroxylation is 1. The SMILES string of the molecule is Fc1ccc2c(NCCCc3ccncc3F)csc2c1. The van der Waals surface area contributed by atoms with E-state index in [4.69, 9.17) is 0 Å². The quantitative estimate of drug-likeness (QED) is 0.696. The summed E-state index contributed by atoms with van der Waals surface area (Å²) in [5.74, 6) is -0.474. The van der Waals surface area contributed by atoms with Crippen molar-refractivity contribution in [2.75, 3.05) is 11.9 Å². The van der Waals surface area contributed by atoms with Crippen LogP contribution in [0.5, 0.6) is 0 Å². The minimum atomic E-state index is -0.256. The number of halogens is 2. The Morgan fingerprint density at radius 3 is 2.95 bits per heavy atom. The fraction of sp³-hybridized carbons (Fsp3) is 0.188. The first-order valence-corrected chi connectivity index (χ1v) is 7.61. The molecule has 3 rings (SSSR count). The Kier molecular flexibility index (Phi) is 4.10. The Balaban J connectivity index is 1.59. The topological polar surface area (TPSA) is 24.9 Å². The van der Waals surface area contributed by atoms with Crippen LogP contribution in [0.4, 0.5) is 14.5 Å². The maximum Gasteiger partial charge on any atom is 0.144 e. The number of nitrogens with zero attached hydrogens (tertiary/aromatic N) is 1. The van der Waals surface area contributed by atoms with Gasteiger partial charge in [-0.2, -0.15) is 0 Å². The molecule has 108 valence electrons. The predicted octanol–water partition coefficient (Wildman–Crippen LogP) is 4.62. The molecule has 0 fully saturated rings. The third-order valence-corrected chi connectivity index (χ3v) is 4.28. The average Bonchev–Trinajstić information content (AvgIpc) is 2.87. The second-order valence-electron chi connectivity index (χ2n) is 4.79. The zero-order valence-corrected chi connectivity index (χ0v) is 12.1. The highest BCUT2D eigenvalue weighted by atomic mass is 32.1. The molecule has 0 unspecified atom stereocenters. The molecule has 0 bridgehead atoms. The molecular weight excluding hydrogens is 290 g/mol. The first-order valence-electron chi connectivity index (χ1n) is 6.73. The van der Waals surface area contributed by atoms with Crippen molar-refractivity contribution in [3.05, 3.63) is 59.2 Å². The monoisotopic (exact) mass is 304 g/mol. The highest BCUT2D eigenvalue weighted by Crippen LogP contribution is 2.30. The average molecular weight is 304 g/mol. The van der Waals surface area contributed by atoms with Gasteiger partial charge in [0.2, 0.25) is 0 Å². The molecule has 1 aromatic carbocycles. The van der Waals surface area contributed by atoms with Crippen LogP contribution in [-0.2, 0) is 6.42 Å². The summed E-state index contributed by atoms with van der Waals surface area (Å²) in [4.78, 5) is 3.74. The van der Waals surface area contributed by atoms with Crippen LogP contribution in [-0.4, -0.2) is 11.5 Å². The van der Waals surface area contributed by atoms with Gasteiger partial charge in [-0.25, -0.2) is 8.78 Å². The lowest BCUT2D eigenvalue weighted by Crippen LogP contribution is -2.03. The Bertz CT molecular complexity index is 755. The molecule has 0 radical (unpaired) electrons. The van der Waals surface area contributed by atoms with Crippen molar-refractivity contribution in [1.82, 2.24) is 4.98 Å². The van der Waals surface area contributed by atoms with Crippen LogP contribution in [0.3, 0.4) is 0 Å². The van der Waals surface area contributed by atoms with Crippen LogP contribution in [0.15, 0.2) is 42.0 Å². The third kappa shape index (κ3) is 3.19. The number of pyridine rings is 1. The van der Waals surface area contributed by atoms with Gasteiger partial charge in [-0.05, 0) is 42.7 Å². The van der Waals surface area contributed by atoms with Gasteiger partial charge in [0.1, 0.15) is 11.6 Å². The molecule has 2 heterocycles. The lowest BCUT2D eigenvalue weighted by atomic mass is 10.1. The van der Waals surface area contributed by atoms with E-state index in [-0.39, 0.29) is 11.6 Å². The number of thiophene rings is 1. The van der Waals surface area contributed by atoms with Crippen LogP contribution >= 0.6 is 11.3 Å². The van der Waals surface area contributed by atoms with E-state index in [9.17, 15) is 8.78 Å². The number of nitrogens with one attached hydrogen (secondary N) is 1. The second kappa shape index (κ2) is 6.18. The number of benzene rings is 1. The molecule has 0 aliphatic rings. The van der Waals surface area contributed by atoms with Crippen molar-refractivity contribution in [2.45, 2.75) is 12.8 Å². The van der Waals surface area contributed by atoms with E-state index >= 15 is 0 Å². The Morgan fingerprint density at radius 1 is 1.19 bits per heavy atom. The molecule has 0 amide bonds. The molecule has 3 aromatic rings. The maximum atomic E-state index is 13.4. The van der Waals surface area contributed by atoms with Gasteiger partial charge < -0.3 is 5.32 Å². The summed E-state index contributed by atoms with van der Waals surface area (Å²) < 4.78 is 27.5. The third-order valence-electron chi connectivity index (χ3n) is 3.33. The summed E-state index contributed by atoms with van der Waals surface area (Å²) >= 11 is 1.51. The van der Waals surface area contributed by atoms with Crippen LogP contribution in [0.1, 0.15) is 12.0 Å². The molecule has 0 aliphatic heterocycles. The molecule has 0 saturated carbocycles. The number of rotatable bonds is 5. The zero-order chi connectivity index (χ0) is 14.7. The first-order chi connectivity index (χ1) is 10.2. The largest absolute Gasteiger partial charge is 0.384 e. The highest BCUT2D eigenvalue weighted by Gasteiger charge is 2.05. The fourth-order valence-electron chi connectivity index (χ4n) is 2.25. The molecule has 0 spiro atoms. The van der Waals surface area contributed by atoms with E-state index in [1.165, 1.54) is 29.7 Å². The van der Waals surface area contributed by atoms with Crippen LogP contribution in [0.25, 0.3) is 10.1 Å². The van der Waals surface area contributed by atoms with Crippen molar-refractivity contribution in [1.29, 1.82) is 0 Å². The summed E-state index contributed by atoms with van der Waals surface area (Å²) in [5, 5.41) is 6.33. The van der Waals surface area contributed by atoms with E-state index in [1.807, 2.05) is 5.38 Å². The van der Waals surface area contributed by atoms with E-state index in [0.29, 0.717) is 12.0 Å². The van der Waals surface area contributed by atoms with Gasteiger partial charge in [0, 0.05) is 28.2 Å². The molecule has 21 heavy (non-hydrogen) atoms. The van der Waals surface area contributed by atoms with Crippen LogP contribution in [0, 0.1) is 11.6 Å². The molecular formula is C16H14F2N2S. The minimum Gasteiger partial charge on any atom is -0.384 e. The zero-order valence-electron chi connectivity index (χ0n) is 11.3. The van der Waals surface area contributed by atoms with Gasteiger partial charge >= 0.3 is 0 Å². The van der Waals surface area contributed by atoms with Gasteiger partial charge in [-0.3, -0.25) is 4.98 Å². The van der Waals surface area contributed by atoms with Gasteiger partial charge in [-0.15, -0.1) is 11.3 Å². The smallest absolute Gasteiger partial charge is 0.144 e. The molecule has 0 saturated heterocycles. The van der Waals surface area contributed by atoms with E-state index in [1.54, 1.807) is 18.3 Å². The Labute approximate surface area is 125 Å². The van der Waals surface area contributed by atoms with Crippen molar-refractivity contribution >= 4 is 27.1 Å². The molecule has 2 nitrogen and oxygen atoms in total. The minimum absolute atomic E-state index is 0.218. The summed E-state index contributed by atoms with van der Waals surface area (Å²) in [6.45, 7) is 0.741. The van der Waals surface area contributed by atoms with Crippen molar-refractivity contribution in [2.24, 2.45) is 0 Å². The summed E-state index contributed by atoms with van der Waals surface area (Å²) in [5.41, 5.74) is 1.69. The summed E-state index contributed by atoms with van der Waals surface area (Å²) in [6.07, 6.45) is 4.33. The highest BCUT2D eigenvalue weighted by molar-refractivity contribution is 7.17. The normalized spacial score (nSPS) is 11.0. The van der Waals surface area contributed by atoms with Gasteiger partial charge in [0.05, 0.1) is 11.9 Å². The van der Waals surface area contributed by atoms with Crippen molar-refractivity contribution in [3.8, 4) is 0 Å². The number of fused-ring (bicyclic) bond motifs is 1. The van der Waals surface area contributed by atoms with E-state index in [2.05, 4.69) is 10.3 Å². The van der Waals surface area contributed by atoms with Crippen LogP contribution in [0.2, 0.25) is 0 Å². The standard InChI is InChI=1S/C16H14F2N2S/c17-12-3-4-13-15(10-21-16(13)8-12)20-6-1-2-11-5-7-19-9-14(11)18/h3-5,7-10,20H,1-2,6H2. The lowest BCUT2D eigenvalue weighted by Gasteiger charge is -2.06. The number of hydrogen-bond donors (Lipinski definition) is 1. The maximum absolute atomic E-state index is 13.4. The summed E-state index contributed by atoms with van der Waals surface area (Å²) in [7, 11) is 0.